The van der Waals surface area contributed by atoms with Crippen molar-refractivity contribution >= 4 is 34.3 Å². The fourth-order valence-corrected chi connectivity index (χ4v) is 4.80. The van der Waals surface area contributed by atoms with E-state index in [4.69, 9.17) is 26.8 Å². The molecule has 238 valence electrons. The van der Waals surface area contributed by atoms with Crippen LogP contribution in [-0.4, -0.2) is 58.1 Å². The summed E-state index contributed by atoms with van der Waals surface area (Å²) in [6.45, 7) is -0.171. The Labute approximate surface area is 256 Å². The van der Waals surface area contributed by atoms with E-state index in [2.05, 4.69) is 15.4 Å². The normalized spacial score (nSPS) is 14.7. The van der Waals surface area contributed by atoms with Crippen LogP contribution in [0, 0.1) is 11.6 Å². The molecule has 1 fully saturated rings. The highest BCUT2D eigenvalue weighted by Crippen LogP contribution is 2.42. The molecule has 2 heterocycles. The quantitative estimate of drug-likeness (QED) is 0.161. The van der Waals surface area contributed by atoms with Crippen molar-refractivity contribution < 1.29 is 46.1 Å². The van der Waals surface area contributed by atoms with E-state index in [-0.39, 0.29) is 24.0 Å². The summed E-state index contributed by atoms with van der Waals surface area (Å²) in [6, 6.07) is 4.77. The molecule has 0 aliphatic heterocycles. The molecule has 0 saturated heterocycles. The topological polar surface area (TPSA) is 142 Å². The van der Waals surface area contributed by atoms with E-state index < -0.39 is 75.1 Å². The molecular weight excluding hydrogens is 629 g/mol. The predicted molar refractivity (Wildman–Crippen MR) is 151 cm³/mol. The molecule has 0 bridgehead atoms. The van der Waals surface area contributed by atoms with E-state index in [0.29, 0.717) is 29.1 Å². The van der Waals surface area contributed by atoms with Gasteiger partial charge >= 0.3 is 6.18 Å². The number of benzene rings is 2. The van der Waals surface area contributed by atoms with E-state index in [1.54, 1.807) is 10.9 Å². The van der Waals surface area contributed by atoms with Crippen LogP contribution in [0.5, 0.6) is 11.5 Å². The number of nitrogens with one attached hydrogen (secondary N) is 1. The minimum absolute atomic E-state index is 0.0931. The Morgan fingerprint density at radius 1 is 1.16 bits per heavy atom. The number of nitrogens with zero attached hydrogens (tertiary/aromatic N) is 3. The number of halogens is 6. The van der Waals surface area contributed by atoms with E-state index in [1.165, 1.54) is 26.2 Å². The van der Waals surface area contributed by atoms with Gasteiger partial charge in [-0.2, -0.15) is 18.3 Å². The first-order chi connectivity index (χ1) is 21.2. The molecule has 2 amide bonds. The van der Waals surface area contributed by atoms with Crippen LogP contribution in [0.4, 0.5) is 22.0 Å². The first kappa shape index (κ1) is 31.9. The van der Waals surface area contributed by atoms with Gasteiger partial charge in [0.15, 0.2) is 5.75 Å². The summed E-state index contributed by atoms with van der Waals surface area (Å²) in [6.07, 6.45) is -1.95. The summed E-state index contributed by atoms with van der Waals surface area (Å²) < 4.78 is 85.0. The molecule has 10 nitrogen and oxygen atoms in total. The summed E-state index contributed by atoms with van der Waals surface area (Å²) in [4.78, 5) is 29.3. The van der Waals surface area contributed by atoms with Crippen LogP contribution in [0.2, 0.25) is 5.02 Å². The highest BCUT2D eigenvalue weighted by atomic mass is 35.5. The highest BCUT2D eigenvalue weighted by molar-refractivity contribution is 6.31. The maximum atomic E-state index is 14.6. The Kier molecular flexibility index (Phi) is 8.35. The summed E-state index contributed by atoms with van der Waals surface area (Å²) in [7, 11) is 1.35. The van der Waals surface area contributed by atoms with Gasteiger partial charge in [-0.1, -0.05) is 11.6 Å². The first-order valence-corrected chi connectivity index (χ1v) is 13.8. The van der Waals surface area contributed by atoms with Gasteiger partial charge in [-0.25, -0.2) is 13.8 Å². The van der Waals surface area contributed by atoms with Crippen LogP contribution in [0.1, 0.15) is 52.2 Å². The van der Waals surface area contributed by atoms with Crippen LogP contribution in [0.3, 0.4) is 0 Å². The molecule has 1 unspecified atom stereocenters. The summed E-state index contributed by atoms with van der Waals surface area (Å²) >= 11 is 5.56. The minimum Gasteiger partial charge on any atom is -0.494 e. The third-order valence-electron chi connectivity index (χ3n) is 7.18. The Bertz CT molecular complexity index is 1800. The number of aromatic nitrogens is 3. The average molecular weight is 654 g/mol. The van der Waals surface area contributed by atoms with Crippen LogP contribution in [-0.2, 0) is 5.60 Å². The fraction of sp³-hybridized carbons (Fsp3) is 0.310. The zero-order chi connectivity index (χ0) is 32.8. The van der Waals surface area contributed by atoms with Crippen molar-refractivity contribution in [2.75, 3.05) is 20.3 Å². The number of primary amides is 1. The van der Waals surface area contributed by atoms with Gasteiger partial charge in [-0.05, 0) is 50.1 Å². The van der Waals surface area contributed by atoms with Gasteiger partial charge in [-0.15, -0.1) is 0 Å². The van der Waals surface area contributed by atoms with Crippen molar-refractivity contribution in [3.63, 3.8) is 0 Å². The number of ether oxygens (including phenoxy) is 2. The maximum absolute atomic E-state index is 14.6. The van der Waals surface area contributed by atoms with Gasteiger partial charge < -0.3 is 25.6 Å². The van der Waals surface area contributed by atoms with Crippen molar-refractivity contribution in [3.8, 4) is 22.8 Å². The molecule has 4 aromatic rings. The molecule has 2 aromatic carbocycles. The van der Waals surface area contributed by atoms with Crippen molar-refractivity contribution in [2.24, 2.45) is 5.73 Å². The Morgan fingerprint density at radius 2 is 1.82 bits per heavy atom. The lowest BCUT2D eigenvalue weighted by molar-refractivity contribution is -0.265. The maximum Gasteiger partial charge on any atom is 0.424 e. The fourth-order valence-electron chi connectivity index (χ4n) is 4.69. The number of nitrogens with two attached hydrogens (primary N) is 1. The highest BCUT2D eigenvalue weighted by Gasteiger charge is 2.57. The molecule has 45 heavy (non-hydrogen) atoms. The third kappa shape index (κ3) is 5.96. The lowest BCUT2D eigenvalue weighted by Gasteiger charge is -2.31. The first-order valence-electron chi connectivity index (χ1n) is 13.5. The van der Waals surface area contributed by atoms with Gasteiger partial charge in [0.2, 0.25) is 5.60 Å². The summed E-state index contributed by atoms with van der Waals surface area (Å²) in [5, 5.41) is 17.2. The Morgan fingerprint density at radius 3 is 2.38 bits per heavy atom. The average Bonchev–Trinajstić information content (AvgIpc) is 3.75. The van der Waals surface area contributed by atoms with Crippen molar-refractivity contribution in [2.45, 2.75) is 37.6 Å². The van der Waals surface area contributed by atoms with Crippen molar-refractivity contribution in [1.29, 1.82) is 0 Å². The lowest BCUT2D eigenvalue weighted by atomic mass is 9.94. The smallest absolute Gasteiger partial charge is 0.424 e. The van der Waals surface area contributed by atoms with Gasteiger partial charge in [0.1, 0.15) is 33.6 Å². The summed E-state index contributed by atoms with van der Waals surface area (Å²) in [5.41, 5.74) is -1.15. The number of alkyl halides is 3. The van der Waals surface area contributed by atoms with Crippen LogP contribution in [0.25, 0.3) is 22.2 Å². The van der Waals surface area contributed by atoms with E-state index in [0.717, 1.165) is 12.8 Å². The molecule has 4 N–H and O–H groups in total. The second-order valence-corrected chi connectivity index (χ2v) is 10.7. The van der Waals surface area contributed by atoms with Gasteiger partial charge in [0, 0.05) is 22.7 Å². The zero-order valence-corrected chi connectivity index (χ0v) is 24.4. The lowest BCUT2D eigenvalue weighted by Crippen LogP contribution is -2.51. The van der Waals surface area contributed by atoms with Crippen LogP contribution in [0.15, 0.2) is 36.5 Å². The van der Waals surface area contributed by atoms with Crippen molar-refractivity contribution in [1.82, 2.24) is 20.1 Å². The number of fused-ring (bicyclic) bond motifs is 1. The molecule has 16 heteroatoms. The van der Waals surface area contributed by atoms with E-state index in [9.17, 15) is 36.6 Å². The van der Waals surface area contributed by atoms with Crippen molar-refractivity contribution in [3.05, 3.63) is 70.0 Å². The summed E-state index contributed by atoms with van der Waals surface area (Å²) in [5.74, 6) is -5.16. The third-order valence-corrected chi connectivity index (χ3v) is 7.54. The number of hydrogen-bond acceptors (Lipinski definition) is 7. The standard InChI is InChI=1S/C29H25ClF5N5O5/c1-3-45-25-17(26(36)41)10-21(38-24(25)13-7-18(31)22(30)19(32)8-13)28(43,29(33,34)35)12-37-27(42)14-6-15-11-40(16-4-5-16)39-23(15)20(9-14)44-2/h6-11,16,43H,3-5,12H2,1-2H3,(H2,36,41)(H,37,42). The number of carbonyl (C=O) groups excluding carboxylic acids is 2. The number of methoxy groups -OCH3 is 1. The van der Waals surface area contributed by atoms with Crippen LogP contribution >= 0.6 is 11.6 Å². The number of carbonyl (C=O) groups is 2. The molecule has 1 atom stereocenters. The van der Waals surface area contributed by atoms with E-state index in [1.807, 2.05) is 0 Å². The molecule has 1 saturated carbocycles. The van der Waals surface area contributed by atoms with Crippen LogP contribution < -0.4 is 20.5 Å². The predicted octanol–water partition coefficient (Wildman–Crippen LogP) is 5.05. The number of pyridine rings is 1. The Balaban J connectivity index is 1.57. The Hall–Kier alpha value is -4.50. The molecule has 1 aliphatic carbocycles. The van der Waals surface area contributed by atoms with Gasteiger partial charge in [-0.3, -0.25) is 14.3 Å². The largest absolute Gasteiger partial charge is 0.494 e. The van der Waals surface area contributed by atoms with Gasteiger partial charge in [0.05, 0.1) is 37.6 Å². The molecule has 2 aromatic heterocycles. The van der Waals surface area contributed by atoms with Gasteiger partial charge in [0.25, 0.3) is 11.8 Å². The number of rotatable bonds is 10. The minimum atomic E-state index is -5.50. The molecule has 1 aliphatic rings. The van der Waals surface area contributed by atoms with E-state index >= 15 is 0 Å². The second kappa shape index (κ2) is 11.8. The number of amides is 2. The molecule has 0 spiro atoms. The molecule has 0 radical (unpaired) electrons. The monoisotopic (exact) mass is 653 g/mol. The zero-order valence-electron chi connectivity index (χ0n) is 23.6. The molecular formula is C29H25ClF5N5O5. The SMILES string of the molecule is CCOc1c(C(N)=O)cc(C(O)(CNC(=O)c2cc(OC)c3nn(C4CC4)cc3c2)C(F)(F)F)nc1-c1cc(F)c(Cl)c(F)c1. The second-order valence-electron chi connectivity index (χ2n) is 10.3. The number of aliphatic hydroxyl groups is 1. The number of hydrogen-bond donors (Lipinski definition) is 3. The molecule has 5 rings (SSSR count).